The Morgan fingerprint density at radius 2 is 2.03 bits per heavy atom. The standard InChI is InChI=1S/C23H24N2O4/c1-28-22-11-16(8-9-21(22)26)14-25-15-18-6-3-2-5-17(18)12-20(25)23(27)24-13-19-7-4-10-29-19/h2-11,20,26H,12-15H2,1H3,(H,24,27). The Hall–Kier alpha value is -3.25. The van der Waals surface area contributed by atoms with E-state index in [0.717, 1.165) is 11.3 Å². The lowest BCUT2D eigenvalue weighted by Crippen LogP contribution is -2.49. The van der Waals surface area contributed by atoms with Crippen LogP contribution in [-0.2, 0) is 30.8 Å². The summed E-state index contributed by atoms with van der Waals surface area (Å²) in [6, 6.07) is 16.9. The lowest BCUT2D eigenvalue weighted by molar-refractivity contribution is -0.127. The Labute approximate surface area is 169 Å². The molecular weight excluding hydrogens is 368 g/mol. The second kappa shape index (κ2) is 8.41. The van der Waals surface area contributed by atoms with E-state index in [4.69, 9.17) is 9.15 Å². The summed E-state index contributed by atoms with van der Waals surface area (Å²) in [7, 11) is 1.53. The van der Waals surface area contributed by atoms with Crippen LogP contribution in [0.15, 0.2) is 65.3 Å². The van der Waals surface area contributed by atoms with Crippen LogP contribution in [0.3, 0.4) is 0 Å². The number of ether oxygens (including phenoxy) is 1. The number of hydrogen-bond acceptors (Lipinski definition) is 5. The van der Waals surface area contributed by atoms with Gasteiger partial charge in [-0.1, -0.05) is 30.3 Å². The fraction of sp³-hybridized carbons (Fsp3) is 0.261. The van der Waals surface area contributed by atoms with E-state index in [1.54, 1.807) is 12.3 Å². The number of nitrogens with zero attached hydrogens (tertiary/aromatic N) is 1. The van der Waals surface area contributed by atoms with Crippen molar-refractivity contribution >= 4 is 5.91 Å². The molecule has 3 aromatic rings. The summed E-state index contributed by atoms with van der Waals surface area (Å²) >= 11 is 0. The minimum Gasteiger partial charge on any atom is -0.504 e. The molecule has 0 fully saturated rings. The molecule has 2 aromatic carbocycles. The highest BCUT2D eigenvalue weighted by Gasteiger charge is 2.31. The van der Waals surface area contributed by atoms with E-state index < -0.39 is 0 Å². The number of hydrogen-bond donors (Lipinski definition) is 2. The van der Waals surface area contributed by atoms with Crippen LogP contribution in [0.1, 0.15) is 22.5 Å². The predicted octanol–water partition coefficient (Wildman–Crippen LogP) is 3.24. The molecular formula is C23H24N2O4. The van der Waals surface area contributed by atoms with Gasteiger partial charge in [0.2, 0.25) is 5.91 Å². The number of benzene rings is 2. The zero-order chi connectivity index (χ0) is 20.2. The molecule has 150 valence electrons. The third kappa shape index (κ3) is 4.27. The normalized spacial score (nSPS) is 16.2. The lowest BCUT2D eigenvalue weighted by Gasteiger charge is -2.36. The van der Waals surface area contributed by atoms with E-state index in [2.05, 4.69) is 22.3 Å². The van der Waals surface area contributed by atoms with Crippen molar-refractivity contribution in [3.8, 4) is 11.5 Å². The van der Waals surface area contributed by atoms with Crippen LogP contribution in [0.25, 0.3) is 0 Å². The Morgan fingerprint density at radius 1 is 1.21 bits per heavy atom. The zero-order valence-corrected chi connectivity index (χ0v) is 16.3. The fourth-order valence-corrected chi connectivity index (χ4v) is 3.76. The molecule has 0 bridgehead atoms. The zero-order valence-electron chi connectivity index (χ0n) is 16.3. The van der Waals surface area contributed by atoms with Crippen LogP contribution in [0, 0.1) is 0 Å². The Bertz CT molecular complexity index is 984. The van der Waals surface area contributed by atoms with Gasteiger partial charge in [0.15, 0.2) is 11.5 Å². The maximum absolute atomic E-state index is 13.0. The molecule has 2 N–H and O–H groups in total. The highest BCUT2D eigenvalue weighted by molar-refractivity contribution is 5.82. The van der Waals surface area contributed by atoms with Crippen molar-refractivity contribution in [1.29, 1.82) is 0 Å². The highest BCUT2D eigenvalue weighted by atomic mass is 16.5. The first kappa shape index (κ1) is 19.1. The highest BCUT2D eigenvalue weighted by Crippen LogP contribution is 2.29. The van der Waals surface area contributed by atoms with Crippen molar-refractivity contribution in [3.05, 3.63) is 83.3 Å². The van der Waals surface area contributed by atoms with Crippen molar-refractivity contribution in [2.45, 2.75) is 32.1 Å². The van der Waals surface area contributed by atoms with E-state index >= 15 is 0 Å². The van der Waals surface area contributed by atoms with E-state index in [1.807, 2.05) is 36.4 Å². The van der Waals surface area contributed by atoms with Crippen LogP contribution in [-0.4, -0.2) is 29.1 Å². The summed E-state index contributed by atoms with van der Waals surface area (Å²) in [5, 5.41) is 12.9. The van der Waals surface area contributed by atoms with Gasteiger partial charge >= 0.3 is 0 Å². The molecule has 1 aromatic heterocycles. The maximum Gasteiger partial charge on any atom is 0.238 e. The second-order valence-electron chi connectivity index (χ2n) is 7.20. The number of furan rings is 1. The van der Waals surface area contributed by atoms with Gasteiger partial charge in [-0.25, -0.2) is 0 Å². The summed E-state index contributed by atoms with van der Waals surface area (Å²) in [6.45, 7) is 1.62. The minimum atomic E-state index is -0.292. The molecule has 1 unspecified atom stereocenters. The van der Waals surface area contributed by atoms with E-state index in [-0.39, 0.29) is 17.7 Å². The van der Waals surface area contributed by atoms with E-state index in [9.17, 15) is 9.90 Å². The van der Waals surface area contributed by atoms with Crippen molar-refractivity contribution < 1.29 is 19.1 Å². The summed E-state index contributed by atoms with van der Waals surface area (Å²) < 4.78 is 10.5. The molecule has 6 heteroatoms. The molecule has 29 heavy (non-hydrogen) atoms. The molecule has 0 spiro atoms. The molecule has 2 heterocycles. The fourth-order valence-electron chi connectivity index (χ4n) is 3.76. The Balaban J connectivity index is 1.55. The van der Waals surface area contributed by atoms with Crippen LogP contribution < -0.4 is 10.1 Å². The number of aromatic hydroxyl groups is 1. The number of phenols is 1. The molecule has 0 radical (unpaired) electrons. The quantitative estimate of drug-likeness (QED) is 0.674. The van der Waals surface area contributed by atoms with E-state index in [0.29, 0.717) is 31.8 Å². The van der Waals surface area contributed by atoms with Gasteiger partial charge in [0, 0.05) is 13.1 Å². The van der Waals surface area contributed by atoms with Crippen molar-refractivity contribution in [3.63, 3.8) is 0 Å². The molecule has 1 atom stereocenters. The summed E-state index contributed by atoms with van der Waals surface area (Å²) in [5.74, 6) is 1.23. The van der Waals surface area contributed by atoms with Crippen molar-refractivity contribution in [2.75, 3.05) is 7.11 Å². The number of methoxy groups -OCH3 is 1. The second-order valence-corrected chi connectivity index (χ2v) is 7.20. The van der Waals surface area contributed by atoms with Gasteiger partial charge < -0.3 is 19.6 Å². The summed E-state index contributed by atoms with van der Waals surface area (Å²) in [4.78, 5) is 15.2. The average Bonchev–Trinajstić information content (AvgIpc) is 3.26. The first-order chi connectivity index (χ1) is 14.1. The topological polar surface area (TPSA) is 74.9 Å². The molecule has 0 saturated heterocycles. The third-order valence-electron chi connectivity index (χ3n) is 5.30. The molecule has 0 saturated carbocycles. The van der Waals surface area contributed by atoms with Gasteiger partial charge in [-0.05, 0) is 47.4 Å². The number of fused-ring (bicyclic) bond motifs is 1. The molecule has 4 rings (SSSR count). The SMILES string of the molecule is COc1cc(CN2Cc3ccccc3CC2C(=O)NCc2ccco2)ccc1O. The smallest absolute Gasteiger partial charge is 0.238 e. The number of nitrogens with one attached hydrogen (secondary N) is 1. The van der Waals surface area contributed by atoms with Gasteiger partial charge in [0.05, 0.1) is 26.0 Å². The van der Waals surface area contributed by atoms with Gasteiger partial charge in [0.25, 0.3) is 0 Å². The van der Waals surface area contributed by atoms with Gasteiger partial charge in [-0.3, -0.25) is 9.69 Å². The Kier molecular flexibility index (Phi) is 5.53. The third-order valence-corrected chi connectivity index (χ3v) is 5.30. The average molecular weight is 392 g/mol. The minimum absolute atomic E-state index is 0.0263. The molecule has 1 aliphatic heterocycles. The van der Waals surface area contributed by atoms with Crippen molar-refractivity contribution in [2.24, 2.45) is 0 Å². The number of carbonyl (C=O) groups excluding carboxylic acids is 1. The van der Waals surface area contributed by atoms with Crippen molar-refractivity contribution in [1.82, 2.24) is 10.2 Å². The molecule has 1 amide bonds. The molecule has 0 aliphatic carbocycles. The molecule has 6 nitrogen and oxygen atoms in total. The van der Waals surface area contributed by atoms with Crippen LogP contribution in [0.5, 0.6) is 11.5 Å². The Morgan fingerprint density at radius 3 is 2.79 bits per heavy atom. The number of carbonyl (C=O) groups is 1. The number of rotatable bonds is 6. The number of amides is 1. The summed E-state index contributed by atoms with van der Waals surface area (Å²) in [5.41, 5.74) is 3.40. The van der Waals surface area contributed by atoms with Crippen LogP contribution in [0.4, 0.5) is 0 Å². The predicted molar refractivity (Wildman–Crippen MR) is 108 cm³/mol. The van der Waals surface area contributed by atoms with Gasteiger partial charge in [-0.15, -0.1) is 0 Å². The largest absolute Gasteiger partial charge is 0.504 e. The summed E-state index contributed by atoms with van der Waals surface area (Å²) in [6.07, 6.45) is 2.25. The maximum atomic E-state index is 13.0. The molecule has 1 aliphatic rings. The van der Waals surface area contributed by atoms with Crippen LogP contribution in [0.2, 0.25) is 0 Å². The lowest BCUT2D eigenvalue weighted by atomic mass is 9.93. The number of phenolic OH excluding ortho intramolecular Hbond substituents is 1. The van der Waals surface area contributed by atoms with Gasteiger partial charge in [-0.2, -0.15) is 0 Å². The van der Waals surface area contributed by atoms with Gasteiger partial charge in [0.1, 0.15) is 5.76 Å². The first-order valence-electron chi connectivity index (χ1n) is 9.61. The van der Waals surface area contributed by atoms with E-state index in [1.165, 1.54) is 18.2 Å². The first-order valence-corrected chi connectivity index (χ1v) is 9.61. The monoisotopic (exact) mass is 392 g/mol. The van der Waals surface area contributed by atoms with Crippen LogP contribution >= 0.6 is 0 Å².